The van der Waals surface area contributed by atoms with Crippen LogP contribution in [0.15, 0.2) is 23.1 Å². The van der Waals surface area contributed by atoms with Crippen LogP contribution in [0.25, 0.3) is 0 Å². The first kappa shape index (κ1) is 13.2. The van der Waals surface area contributed by atoms with Gasteiger partial charge in [0.15, 0.2) is 11.6 Å². The number of Topliss-reactive ketones (excluding diaryl/α,β-unsaturated/α-hetero) is 1. The average molecular weight is 244 g/mol. The molecule has 0 fully saturated rings. The Morgan fingerprint density at radius 3 is 2.62 bits per heavy atom. The van der Waals surface area contributed by atoms with Gasteiger partial charge in [0.2, 0.25) is 0 Å². The van der Waals surface area contributed by atoms with Crippen LogP contribution >= 0.6 is 11.8 Å². The van der Waals surface area contributed by atoms with Crippen molar-refractivity contribution in [1.82, 2.24) is 0 Å². The van der Waals surface area contributed by atoms with E-state index in [9.17, 15) is 13.6 Å². The van der Waals surface area contributed by atoms with Crippen LogP contribution in [0.4, 0.5) is 8.78 Å². The third-order valence-corrected chi connectivity index (χ3v) is 3.16. The normalized spacial score (nSPS) is 10.4. The zero-order chi connectivity index (χ0) is 12.0. The van der Waals surface area contributed by atoms with E-state index in [1.54, 1.807) is 13.0 Å². The lowest BCUT2D eigenvalue weighted by atomic mass is 10.2. The number of carbonyl (C=O) groups is 1. The second-order valence-corrected chi connectivity index (χ2v) is 4.75. The van der Waals surface area contributed by atoms with E-state index in [1.807, 2.05) is 0 Å². The van der Waals surface area contributed by atoms with Crippen molar-refractivity contribution < 1.29 is 13.6 Å². The lowest BCUT2D eigenvalue weighted by Gasteiger charge is -2.01. The van der Waals surface area contributed by atoms with Crippen molar-refractivity contribution in [3.05, 3.63) is 29.8 Å². The highest BCUT2D eigenvalue weighted by molar-refractivity contribution is 7.99. The van der Waals surface area contributed by atoms with Gasteiger partial charge in [0.05, 0.1) is 0 Å². The molecule has 0 saturated heterocycles. The molecule has 1 rings (SSSR count). The molecule has 0 aromatic heterocycles. The first-order valence-corrected chi connectivity index (χ1v) is 6.15. The van der Waals surface area contributed by atoms with Crippen molar-refractivity contribution >= 4 is 17.5 Å². The number of rotatable bonds is 6. The number of halogens is 2. The van der Waals surface area contributed by atoms with Crippen molar-refractivity contribution in [3.8, 4) is 0 Å². The fourth-order valence-electron chi connectivity index (χ4n) is 1.23. The molecule has 0 atom stereocenters. The number of unbranched alkanes of at least 4 members (excludes halogenated alkanes) is 1. The standard InChI is InChI=1S/C12H14F2OS/c1-9(15)4-2-3-7-16-10-5-6-11(13)12(14)8-10/h5-6,8H,2-4,7H2,1H3. The van der Waals surface area contributed by atoms with Gasteiger partial charge < -0.3 is 4.79 Å². The summed E-state index contributed by atoms with van der Waals surface area (Å²) in [6.45, 7) is 1.57. The SMILES string of the molecule is CC(=O)CCCCSc1ccc(F)c(F)c1. The van der Waals surface area contributed by atoms with Crippen LogP contribution in [0, 0.1) is 11.6 Å². The minimum Gasteiger partial charge on any atom is -0.300 e. The van der Waals surface area contributed by atoms with E-state index in [0.29, 0.717) is 6.42 Å². The first-order chi connectivity index (χ1) is 7.59. The van der Waals surface area contributed by atoms with E-state index in [0.717, 1.165) is 29.6 Å². The van der Waals surface area contributed by atoms with Gasteiger partial charge in [0.1, 0.15) is 5.78 Å². The molecule has 1 aromatic carbocycles. The lowest BCUT2D eigenvalue weighted by Crippen LogP contribution is -1.90. The van der Waals surface area contributed by atoms with E-state index in [-0.39, 0.29) is 5.78 Å². The predicted octanol–water partition coefficient (Wildman–Crippen LogP) is 3.82. The summed E-state index contributed by atoms with van der Waals surface area (Å²) in [4.78, 5) is 11.4. The Bertz CT molecular complexity index is 366. The Balaban J connectivity index is 2.27. The van der Waals surface area contributed by atoms with E-state index >= 15 is 0 Å². The third kappa shape index (κ3) is 4.75. The third-order valence-electron chi connectivity index (χ3n) is 2.08. The van der Waals surface area contributed by atoms with Crippen molar-refractivity contribution in [1.29, 1.82) is 0 Å². The van der Waals surface area contributed by atoms with Crippen LogP contribution < -0.4 is 0 Å². The molecule has 0 saturated carbocycles. The summed E-state index contributed by atoms with van der Waals surface area (Å²) >= 11 is 1.48. The van der Waals surface area contributed by atoms with Crippen LogP contribution in [-0.2, 0) is 4.79 Å². The molecule has 4 heteroatoms. The Kier molecular flexibility index (Phi) is 5.46. The minimum atomic E-state index is -0.819. The number of ketones is 1. The van der Waals surface area contributed by atoms with Gasteiger partial charge >= 0.3 is 0 Å². The first-order valence-electron chi connectivity index (χ1n) is 5.17. The van der Waals surface area contributed by atoms with Crippen LogP contribution in [0.1, 0.15) is 26.2 Å². The van der Waals surface area contributed by atoms with Crippen molar-refractivity contribution in [2.75, 3.05) is 5.75 Å². The predicted molar refractivity (Wildman–Crippen MR) is 61.6 cm³/mol. The summed E-state index contributed by atoms with van der Waals surface area (Å²) in [6.07, 6.45) is 2.35. The molecule has 0 heterocycles. The van der Waals surface area contributed by atoms with Gasteiger partial charge in [0, 0.05) is 11.3 Å². The zero-order valence-corrected chi connectivity index (χ0v) is 9.95. The molecule has 0 N–H and O–H groups in total. The fourth-order valence-corrected chi connectivity index (χ4v) is 2.17. The number of thioether (sulfide) groups is 1. The molecule has 1 aromatic rings. The van der Waals surface area contributed by atoms with Crippen LogP contribution in [-0.4, -0.2) is 11.5 Å². The van der Waals surface area contributed by atoms with Gasteiger partial charge in [-0.1, -0.05) is 0 Å². The fraction of sp³-hybridized carbons (Fsp3) is 0.417. The zero-order valence-electron chi connectivity index (χ0n) is 9.13. The molecular formula is C12H14F2OS. The largest absolute Gasteiger partial charge is 0.300 e. The molecule has 0 bridgehead atoms. The van der Waals surface area contributed by atoms with Gasteiger partial charge in [0.25, 0.3) is 0 Å². The van der Waals surface area contributed by atoms with Crippen LogP contribution in [0.2, 0.25) is 0 Å². The van der Waals surface area contributed by atoms with Crippen molar-refractivity contribution in [2.45, 2.75) is 31.1 Å². The van der Waals surface area contributed by atoms with E-state index in [2.05, 4.69) is 0 Å². The summed E-state index contributed by atoms with van der Waals surface area (Å²) < 4.78 is 25.4. The molecular weight excluding hydrogens is 230 g/mol. The molecule has 1 nitrogen and oxygen atoms in total. The summed E-state index contributed by atoms with van der Waals surface area (Å²) in [5.74, 6) is -0.620. The molecule has 0 unspecified atom stereocenters. The summed E-state index contributed by atoms with van der Waals surface area (Å²) in [7, 11) is 0. The number of carbonyl (C=O) groups excluding carboxylic acids is 1. The number of benzene rings is 1. The van der Waals surface area contributed by atoms with E-state index in [1.165, 1.54) is 17.8 Å². The maximum Gasteiger partial charge on any atom is 0.159 e. The monoisotopic (exact) mass is 244 g/mol. The van der Waals surface area contributed by atoms with Crippen molar-refractivity contribution in [3.63, 3.8) is 0 Å². The van der Waals surface area contributed by atoms with Gasteiger partial charge in [-0.25, -0.2) is 8.78 Å². The molecule has 88 valence electrons. The maximum atomic E-state index is 12.8. The molecule has 0 amide bonds. The average Bonchev–Trinajstić information content (AvgIpc) is 2.22. The van der Waals surface area contributed by atoms with E-state index < -0.39 is 11.6 Å². The second kappa shape index (κ2) is 6.63. The molecule has 16 heavy (non-hydrogen) atoms. The molecule has 0 spiro atoms. The summed E-state index contributed by atoms with van der Waals surface area (Å²) in [5, 5.41) is 0. The van der Waals surface area contributed by atoms with Crippen LogP contribution in [0.5, 0.6) is 0 Å². The smallest absolute Gasteiger partial charge is 0.159 e. The van der Waals surface area contributed by atoms with E-state index in [4.69, 9.17) is 0 Å². The van der Waals surface area contributed by atoms with Crippen LogP contribution in [0.3, 0.4) is 0 Å². The number of hydrogen-bond donors (Lipinski definition) is 0. The number of hydrogen-bond acceptors (Lipinski definition) is 2. The topological polar surface area (TPSA) is 17.1 Å². The Morgan fingerprint density at radius 2 is 2.00 bits per heavy atom. The Labute approximate surface area is 98.2 Å². The van der Waals surface area contributed by atoms with Crippen molar-refractivity contribution in [2.24, 2.45) is 0 Å². The van der Waals surface area contributed by atoms with Gasteiger partial charge in [-0.2, -0.15) is 0 Å². The molecule has 0 aliphatic rings. The second-order valence-electron chi connectivity index (χ2n) is 3.58. The maximum absolute atomic E-state index is 12.8. The minimum absolute atomic E-state index is 0.192. The summed E-state index contributed by atoms with van der Waals surface area (Å²) in [5.41, 5.74) is 0. The summed E-state index contributed by atoms with van der Waals surface area (Å²) in [6, 6.07) is 3.90. The molecule has 0 aliphatic carbocycles. The Hall–Kier alpha value is -0.900. The molecule has 0 aliphatic heterocycles. The highest BCUT2D eigenvalue weighted by Crippen LogP contribution is 2.21. The highest BCUT2D eigenvalue weighted by atomic mass is 32.2. The Morgan fingerprint density at radius 1 is 1.25 bits per heavy atom. The quantitative estimate of drug-likeness (QED) is 0.559. The lowest BCUT2D eigenvalue weighted by molar-refractivity contribution is -0.117. The van der Waals surface area contributed by atoms with Gasteiger partial charge in [-0.15, -0.1) is 11.8 Å². The highest BCUT2D eigenvalue weighted by Gasteiger charge is 2.02. The van der Waals surface area contributed by atoms with Gasteiger partial charge in [-0.05, 0) is 43.7 Å². The van der Waals surface area contributed by atoms with Gasteiger partial charge in [-0.3, -0.25) is 0 Å². The molecule has 0 radical (unpaired) electrons.